The molecule has 1 aromatic carbocycles. The summed E-state index contributed by atoms with van der Waals surface area (Å²) in [4.78, 5) is 18.5. The van der Waals surface area contributed by atoms with E-state index < -0.39 is 16.5 Å². The van der Waals surface area contributed by atoms with Gasteiger partial charge in [0.15, 0.2) is 0 Å². The maximum Gasteiger partial charge on any atom is 2.00 e. The first-order valence-corrected chi connectivity index (χ1v) is 5.70. The number of rotatable bonds is 2. The van der Waals surface area contributed by atoms with Crippen molar-refractivity contribution in [2.24, 2.45) is 0 Å². The Kier molecular flexibility index (Phi) is 12.1. The number of benzene rings is 1. The first kappa shape index (κ1) is 17.3. The minimum Gasteiger partial charge on any atom is -0.563 e. The molecule has 0 amide bonds. The summed E-state index contributed by atoms with van der Waals surface area (Å²) in [5.74, 6) is 0. The third-order valence-electron chi connectivity index (χ3n) is 1.07. The summed E-state index contributed by atoms with van der Waals surface area (Å²) < 4.78 is 21.6. The van der Waals surface area contributed by atoms with Gasteiger partial charge < -0.3 is 9.79 Å². The van der Waals surface area contributed by atoms with Crippen LogP contribution >= 0.6 is 16.5 Å². The van der Waals surface area contributed by atoms with Crippen LogP contribution in [-0.4, -0.2) is 0 Å². The molecule has 0 saturated heterocycles. The molecule has 0 radical (unpaired) electrons. The van der Waals surface area contributed by atoms with Gasteiger partial charge in [-0.3, -0.25) is 0 Å². The van der Waals surface area contributed by atoms with Gasteiger partial charge in [0.25, 0.3) is 0 Å². The second-order valence-corrected chi connectivity index (χ2v) is 3.73. The molecule has 0 heterocycles. The Hall–Kier alpha value is -0.0766. The van der Waals surface area contributed by atoms with E-state index in [1.165, 1.54) is 5.56 Å². The molecule has 1 rings (SSSR count). The summed E-state index contributed by atoms with van der Waals surface area (Å²) in [6.45, 7) is 2.08. The molecule has 0 aromatic heterocycles. The SMILES string of the molecule is Cc1ccccc1.O=[P+]([O-])O[P+](=O)[O-].[Zn+2]. The van der Waals surface area contributed by atoms with Gasteiger partial charge >= 0.3 is 36.0 Å². The van der Waals surface area contributed by atoms with Crippen molar-refractivity contribution in [3.05, 3.63) is 35.9 Å². The zero-order valence-corrected chi connectivity index (χ0v) is 12.8. The van der Waals surface area contributed by atoms with Gasteiger partial charge in [0.05, 0.1) is 0 Å². The van der Waals surface area contributed by atoms with Crippen LogP contribution in [0.1, 0.15) is 5.56 Å². The Morgan fingerprint density at radius 1 is 1.07 bits per heavy atom. The normalized spacial score (nSPS) is 10.3. The van der Waals surface area contributed by atoms with E-state index >= 15 is 0 Å². The Morgan fingerprint density at radius 3 is 1.60 bits per heavy atom. The smallest absolute Gasteiger partial charge is 0.563 e. The first-order chi connectivity index (χ1) is 6.52. The molecule has 0 spiro atoms. The Labute approximate surface area is 102 Å². The Morgan fingerprint density at radius 2 is 1.47 bits per heavy atom. The molecule has 0 saturated carbocycles. The predicted molar refractivity (Wildman–Crippen MR) is 47.5 cm³/mol. The summed E-state index contributed by atoms with van der Waals surface area (Å²) in [7, 11) is -6.47. The fraction of sp³-hybridized carbons (Fsp3) is 0.143. The van der Waals surface area contributed by atoms with E-state index in [0.29, 0.717) is 0 Å². The van der Waals surface area contributed by atoms with E-state index in [4.69, 9.17) is 0 Å². The van der Waals surface area contributed by atoms with Crippen molar-refractivity contribution in [1.82, 2.24) is 0 Å². The summed E-state index contributed by atoms with van der Waals surface area (Å²) in [5.41, 5.74) is 1.32. The van der Waals surface area contributed by atoms with Crippen molar-refractivity contribution < 1.29 is 42.7 Å². The minimum absolute atomic E-state index is 0. The fourth-order valence-corrected chi connectivity index (χ4v) is 1.02. The van der Waals surface area contributed by atoms with Gasteiger partial charge in [0, 0.05) is 0 Å². The molecule has 15 heavy (non-hydrogen) atoms. The molecule has 0 aliphatic heterocycles. The quantitative estimate of drug-likeness (QED) is 0.601. The number of hydrogen-bond acceptors (Lipinski definition) is 5. The summed E-state index contributed by atoms with van der Waals surface area (Å²) in [6.07, 6.45) is 0. The molecule has 0 aliphatic carbocycles. The topological polar surface area (TPSA) is 89.5 Å². The Bertz CT molecular complexity index is 294. The zero-order chi connectivity index (χ0) is 11.0. The van der Waals surface area contributed by atoms with Crippen molar-refractivity contribution in [2.45, 2.75) is 6.92 Å². The van der Waals surface area contributed by atoms with E-state index in [1.54, 1.807) is 0 Å². The van der Waals surface area contributed by atoms with Gasteiger partial charge in [-0.2, -0.15) is 0 Å². The van der Waals surface area contributed by atoms with Gasteiger partial charge in [-0.25, -0.2) is 0 Å². The zero-order valence-electron chi connectivity index (χ0n) is 8.03. The van der Waals surface area contributed by atoms with Crippen LogP contribution in [0.5, 0.6) is 0 Å². The maximum absolute atomic E-state index is 9.24. The molecule has 2 atom stereocenters. The van der Waals surface area contributed by atoms with Crippen molar-refractivity contribution in [3.63, 3.8) is 0 Å². The molecular formula is C7H8O5P2Zn+2. The fourth-order valence-electron chi connectivity index (χ4n) is 0.589. The van der Waals surface area contributed by atoms with E-state index in [-0.39, 0.29) is 19.5 Å². The average Bonchev–Trinajstić information content (AvgIpc) is 2.03. The van der Waals surface area contributed by atoms with Crippen LogP contribution in [-0.2, 0) is 32.9 Å². The van der Waals surface area contributed by atoms with Crippen molar-refractivity contribution in [3.8, 4) is 0 Å². The summed E-state index contributed by atoms with van der Waals surface area (Å²) in [5, 5.41) is 0. The third kappa shape index (κ3) is 13.9. The summed E-state index contributed by atoms with van der Waals surface area (Å²) in [6, 6.07) is 10.3. The van der Waals surface area contributed by atoms with Crippen LogP contribution in [0.2, 0.25) is 0 Å². The Balaban J connectivity index is 0. The van der Waals surface area contributed by atoms with Crippen LogP contribution in [0.4, 0.5) is 0 Å². The van der Waals surface area contributed by atoms with Crippen LogP contribution < -0.4 is 9.79 Å². The van der Waals surface area contributed by atoms with Crippen LogP contribution in [0.15, 0.2) is 30.3 Å². The molecule has 5 nitrogen and oxygen atoms in total. The minimum atomic E-state index is -3.24. The average molecular weight is 299 g/mol. The van der Waals surface area contributed by atoms with Crippen molar-refractivity contribution in [2.75, 3.05) is 0 Å². The molecule has 0 N–H and O–H groups in total. The predicted octanol–water partition coefficient (Wildman–Crippen LogP) is 1.03. The van der Waals surface area contributed by atoms with Gasteiger partial charge in [-0.1, -0.05) is 35.9 Å². The van der Waals surface area contributed by atoms with Crippen molar-refractivity contribution in [1.29, 1.82) is 0 Å². The van der Waals surface area contributed by atoms with E-state index in [9.17, 15) is 18.9 Å². The van der Waals surface area contributed by atoms with E-state index in [1.807, 2.05) is 18.2 Å². The molecule has 0 fully saturated rings. The van der Waals surface area contributed by atoms with E-state index in [0.717, 1.165) is 0 Å². The largest absolute Gasteiger partial charge is 2.00 e. The van der Waals surface area contributed by atoms with Crippen LogP contribution in [0.3, 0.4) is 0 Å². The monoisotopic (exact) mass is 298 g/mol. The second kappa shape index (κ2) is 10.4. The van der Waals surface area contributed by atoms with Gasteiger partial charge in [0.1, 0.15) is 4.31 Å². The summed E-state index contributed by atoms with van der Waals surface area (Å²) >= 11 is 0. The van der Waals surface area contributed by atoms with Gasteiger partial charge in [0.2, 0.25) is 0 Å². The van der Waals surface area contributed by atoms with Crippen LogP contribution in [0, 0.1) is 6.92 Å². The molecular weight excluding hydrogens is 291 g/mol. The number of hydrogen-bond donors (Lipinski definition) is 0. The standard InChI is InChI=1S/C7H8.O5P2.Zn/c1-7-5-3-2-4-6-7;1-6(2)5-7(3)4;/h2-6H,1H3;;/q;;+2. The molecule has 1 aromatic rings. The van der Waals surface area contributed by atoms with Gasteiger partial charge in [-0.05, 0) is 16.1 Å². The molecule has 8 heteroatoms. The third-order valence-corrected chi connectivity index (χ3v) is 2.14. The molecule has 76 valence electrons. The number of aryl methyl sites for hydroxylation is 1. The van der Waals surface area contributed by atoms with Crippen molar-refractivity contribution >= 4 is 16.5 Å². The first-order valence-electron chi connectivity index (χ1n) is 3.51. The second-order valence-electron chi connectivity index (χ2n) is 2.18. The van der Waals surface area contributed by atoms with Gasteiger partial charge in [-0.15, -0.1) is 0 Å². The maximum atomic E-state index is 9.24. The van der Waals surface area contributed by atoms with Crippen LogP contribution in [0.25, 0.3) is 0 Å². The molecule has 2 unspecified atom stereocenters. The van der Waals surface area contributed by atoms with E-state index in [2.05, 4.69) is 23.4 Å². The molecule has 0 aliphatic rings. The molecule has 0 bridgehead atoms.